The van der Waals surface area contributed by atoms with Gasteiger partial charge in [0.15, 0.2) is 0 Å². The molecule has 2 aromatic rings. The van der Waals surface area contributed by atoms with E-state index in [1.807, 2.05) is 13.0 Å². The summed E-state index contributed by atoms with van der Waals surface area (Å²) in [4.78, 5) is 62.1. The molecular weight excluding hydrogens is 788 g/mol. The number of rotatable bonds is 10. The molecule has 3 fully saturated rings. The SMILES string of the molecule is COC[C@@H]1C[C@H](C)CC/C=C\C2C[C@@]2(C(=O)NS(=O)(=O)C2CC2)NC(=O)[C@@H]2C[C@@H](Oc3ncc(OC)c4ccccc34)CN2C(=O)[C@H]1NC(=O)OC(C)(C)C(F)(F)F. The number of nitrogens with one attached hydrogen (secondary N) is 3. The molecule has 3 heterocycles. The van der Waals surface area contributed by atoms with E-state index in [1.54, 1.807) is 30.3 Å². The molecular formula is C39H50F3N5O10S. The minimum absolute atomic E-state index is 0.0905. The topological polar surface area (TPSA) is 192 Å². The molecule has 58 heavy (non-hydrogen) atoms. The number of pyridine rings is 1. The van der Waals surface area contributed by atoms with Crippen molar-refractivity contribution in [3.8, 4) is 11.6 Å². The molecule has 318 valence electrons. The quantitative estimate of drug-likeness (QED) is 0.292. The van der Waals surface area contributed by atoms with Crippen LogP contribution in [-0.2, 0) is 33.9 Å². The normalized spacial score (nSPS) is 28.9. The number of ether oxygens (including phenoxy) is 4. The van der Waals surface area contributed by atoms with Crippen LogP contribution in [0.5, 0.6) is 11.6 Å². The fourth-order valence-corrected chi connectivity index (χ4v) is 9.06. The summed E-state index contributed by atoms with van der Waals surface area (Å²) in [5.74, 6) is -3.33. The van der Waals surface area contributed by atoms with Gasteiger partial charge in [0.25, 0.3) is 5.91 Å². The van der Waals surface area contributed by atoms with Crippen molar-refractivity contribution in [1.82, 2.24) is 25.2 Å². The molecule has 4 aliphatic rings. The summed E-state index contributed by atoms with van der Waals surface area (Å²) in [6.45, 7) is 2.94. The number of aromatic nitrogens is 1. The highest BCUT2D eigenvalue weighted by Crippen LogP contribution is 2.46. The van der Waals surface area contributed by atoms with E-state index in [0.29, 0.717) is 56.1 Å². The zero-order chi connectivity index (χ0) is 42.2. The molecule has 2 aliphatic heterocycles. The van der Waals surface area contributed by atoms with Crippen LogP contribution in [0, 0.1) is 17.8 Å². The van der Waals surface area contributed by atoms with Gasteiger partial charge in [-0.05, 0) is 64.4 Å². The van der Waals surface area contributed by atoms with Crippen LogP contribution in [-0.4, -0.2) is 110 Å². The maximum atomic E-state index is 14.9. The van der Waals surface area contributed by atoms with Gasteiger partial charge in [0.1, 0.15) is 29.5 Å². The number of alkyl halides is 3. The summed E-state index contributed by atoms with van der Waals surface area (Å²) >= 11 is 0. The van der Waals surface area contributed by atoms with Crippen LogP contribution in [0.15, 0.2) is 42.6 Å². The molecule has 0 spiro atoms. The van der Waals surface area contributed by atoms with Crippen LogP contribution in [0.1, 0.15) is 65.7 Å². The van der Waals surface area contributed by atoms with Crippen molar-refractivity contribution in [2.24, 2.45) is 17.8 Å². The van der Waals surface area contributed by atoms with Crippen LogP contribution in [0.3, 0.4) is 0 Å². The number of hydrogen-bond acceptors (Lipinski definition) is 11. The number of hydrogen-bond donors (Lipinski definition) is 3. The summed E-state index contributed by atoms with van der Waals surface area (Å²) in [6.07, 6.45) is -0.120. The number of halogens is 3. The van der Waals surface area contributed by atoms with Crippen molar-refractivity contribution in [2.75, 3.05) is 27.4 Å². The second-order valence-corrected chi connectivity index (χ2v) is 18.1. The molecule has 2 saturated carbocycles. The summed E-state index contributed by atoms with van der Waals surface area (Å²) in [7, 11) is -1.11. The van der Waals surface area contributed by atoms with Gasteiger partial charge >= 0.3 is 12.3 Å². The number of fused-ring (bicyclic) bond motifs is 3. The number of allylic oxidation sites excluding steroid dienone is 1. The number of carbonyl (C=O) groups is 4. The zero-order valence-corrected chi connectivity index (χ0v) is 33.8. The van der Waals surface area contributed by atoms with Gasteiger partial charge in [-0.2, -0.15) is 13.2 Å². The number of carbonyl (C=O) groups excluding carboxylic acids is 4. The Bertz CT molecular complexity index is 2040. The maximum Gasteiger partial charge on any atom is 0.427 e. The molecule has 6 rings (SSSR count). The third-order valence-electron chi connectivity index (χ3n) is 11.4. The molecule has 1 saturated heterocycles. The Hall–Kier alpha value is -4.65. The molecule has 0 radical (unpaired) electrons. The monoisotopic (exact) mass is 837 g/mol. The summed E-state index contributed by atoms with van der Waals surface area (Å²) in [5, 5.41) is 5.71. The molecule has 15 nitrogen and oxygen atoms in total. The van der Waals surface area contributed by atoms with Crippen LogP contribution < -0.4 is 24.8 Å². The molecule has 7 atom stereocenters. The summed E-state index contributed by atoms with van der Waals surface area (Å²) in [5.41, 5.74) is -4.56. The second kappa shape index (κ2) is 16.5. The molecule has 3 N–H and O–H groups in total. The highest BCUT2D eigenvalue weighted by molar-refractivity contribution is 7.91. The molecule has 0 bridgehead atoms. The van der Waals surface area contributed by atoms with Gasteiger partial charge in [0.05, 0.1) is 31.7 Å². The Morgan fingerprint density at radius 3 is 2.43 bits per heavy atom. The standard InChI is InChI=1S/C39H50F3N5O10S/c1-22-10-6-7-11-24-18-38(24,35(50)46-58(52,53)26-14-15-26)45-32(48)29-17-25(56-33-28-13-9-8-12-27(28)30(55-5)19-43-33)20-47(29)34(49)31(23(16-22)21-54-4)44-36(51)57-37(2,3)39(40,41)42/h7-9,11-13,19,22-26,29,31H,6,10,14-18,20-21H2,1-5H3,(H,44,51)(H,45,48)(H,46,50)/b11-7-/t22-,23+,24?,25-,29+,31+,38-/m1/s1. The van der Waals surface area contributed by atoms with E-state index in [-0.39, 0.29) is 44.2 Å². The molecule has 1 unspecified atom stereocenters. The van der Waals surface area contributed by atoms with Crippen LogP contribution in [0.2, 0.25) is 0 Å². The average Bonchev–Trinajstić information content (AvgIpc) is 4.08. The lowest BCUT2D eigenvalue weighted by molar-refractivity contribution is -0.244. The predicted molar refractivity (Wildman–Crippen MR) is 203 cm³/mol. The molecule has 2 aliphatic carbocycles. The number of alkyl carbamates (subject to hydrolysis) is 1. The van der Waals surface area contributed by atoms with Crippen molar-refractivity contribution in [3.05, 3.63) is 42.6 Å². The lowest BCUT2D eigenvalue weighted by Gasteiger charge is -2.35. The molecule has 1 aromatic carbocycles. The highest BCUT2D eigenvalue weighted by atomic mass is 32.2. The Morgan fingerprint density at radius 1 is 1.07 bits per heavy atom. The van der Waals surface area contributed by atoms with Crippen LogP contribution >= 0.6 is 0 Å². The number of amides is 4. The molecule has 4 amide bonds. The first-order valence-corrected chi connectivity index (χ1v) is 20.8. The van der Waals surface area contributed by atoms with E-state index in [1.165, 1.54) is 20.4 Å². The number of methoxy groups -OCH3 is 2. The van der Waals surface area contributed by atoms with Gasteiger partial charge in [0.2, 0.25) is 33.3 Å². The Balaban J connectivity index is 1.38. The Labute approximate surface area is 334 Å². The fourth-order valence-electron chi connectivity index (χ4n) is 7.69. The van der Waals surface area contributed by atoms with Gasteiger partial charge in [-0.1, -0.05) is 37.3 Å². The lowest BCUT2D eigenvalue weighted by atomic mass is 9.87. The number of nitrogens with zero attached hydrogens (tertiary/aromatic N) is 2. The van der Waals surface area contributed by atoms with Crippen LogP contribution in [0.4, 0.5) is 18.0 Å². The highest BCUT2D eigenvalue weighted by Gasteiger charge is 2.62. The first kappa shape index (κ1) is 42.9. The van der Waals surface area contributed by atoms with Gasteiger partial charge in [-0.3, -0.25) is 19.1 Å². The van der Waals surface area contributed by atoms with Gasteiger partial charge in [0, 0.05) is 36.1 Å². The second-order valence-electron chi connectivity index (χ2n) is 16.2. The first-order valence-electron chi connectivity index (χ1n) is 19.3. The van der Waals surface area contributed by atoms with Crippen molar-refractivity contribution in [3.63, 3.8) is 0 Å². The predicted octanol–water partition coefficient (Wildman–Crippen LogP) is 4.15. The zero-order valence-electron chi connectivity index (χ0n) is 33.0. The van der Waals surface area contributed by atoms with Crippen molar-refractivity contribution in [2.45, 2.75) is 106 Å². The minimum atomic E-state index is -4.94. The van der Waals surface area contributed by atoms with Gasteiger partial charge < -0.3 is 34.5 Å². The molecule has 19 heteroatoms. The molecule has 1 aromatic heterocycles. The van der Waals surface area contributed by atoms with E-state index in [9.17, 15) is 40.8 Å². The van der Waals surface area contributed by atoms with Gasteiger partial charge in [-0.25, -0.2) is 18.2 Å². The average molecular weight is 838 g/mol. The number of sulfonamides is 1. The van der Waals surface area contributed by atoms with Crippen molar-refractivity contribution >= 4 is 44.6 Å². The fraction of sp³-hybridized carbons (Fsp3) is 0.615. The number of benzene rings is 1. The third-order valence-corrected chi connectivity index (χ3v) is 13.2. The Kier molecular flexibility index (Phi) is 12.2. The smallest absolute Gasteiger partial charge is 0.427 e. The third kappa shape index (κ3) is 9.14. The summed E-state index contributed by atoms with van der Waals surface area (Å²) in [6, 6.07) is 4.25. The van der Waals surface area contributed by atoms with Crippen molar-refractivity contribution < 1.29 is 59.7 Å². The van der Waals surface area contributed by atoms with E-state index < -0.39 is 86.4 Å². The van der Waals surface area contributed by atoms with Crippen molar-refractivity contribution in [1.29, 1.82) is 0 Å². The largest absolute Gasteiger partial charge is 0.494 e. The van der Waals surface area contributed by atoms with E-state index in [0.717, 1.165) is 4.90 Å². The van der Waals surface area contributed by atoms with Crippen LogP contribution in [0.25, 0.3) is 10.8 Å². The lowest BCUT2D eigenvalue weighted by Crippen LogP contribution is -2.60. The minimum Gasteiger partial charge on any atom is -0.494 e. The van der Waals surface area contributed by atoms with E-state index in [2.05, 4.69) is 20.3 Å². The van der Waals surface area contributed by atoms with E-state index >= 15 is 0 Å². The summed E-state index contributed by atoms with van der Waals surface area (Å²) < 4.78 is 91.5. The maximum absolute atomic E-state index is 14.9. The first-order chi connectivity index (χ1) is 27.3. The van der Waals surface area contributed by atoms with Gasteiger partial charge in [-0.15, -0.1) is 0 Å². The Morgan fingerprint density at radius 2 is 1.78 bits per heavy atom. The van der Waals surface area contributed by atoms with E-state index in [4.69, 9.17) is 18.9 Å².